The average molecular weight is 272 g/mol. The zero-order valence-corrected chi connectivity index (χ0v) is 12.2. The Kier molecular flexibility index (Phi) is 4.74. The summed E-state index contributed by atoms with van der Waals surface area (Å²) in [7, 11) is 1.98. The lowest BCUT2D eigenvalue weighted by molar-refractivity contribution is 0.589. The third-order valence-electron chi connectivity index (χ3n) is 3.25. The molecule has 1 N–H and O–H groups in total. The fourth-order valence-corrected chi connectivity index (χ4v) is 1.97. The zero-order valence-electron chi connectivity index (χ0n) is 12.2. The second-order valence-corrected chi connectivity index (χ2v) is 5.24. The van der Waals surface area contributed by atoms with Gasteiger partial charge in [-0.2, -0.15) is 0 Å². The molecule has 0 aliphatic rings. The molecular formula is C17H21FN2. The Bertz CT molecular complexity index is 532. The SMILES string of the molecule is CC(C)NCc1ccc(N(C)c2ccc(F)cc2)cc1. The summed E-state index contributed by atoms with van der Waals surface area (Å²) in [6.45, 7) is 5.14. The summed E-state index contributed by atoms with van der Waals surface area (Å²) in [5.74, 6) is -0.211. The van der Waals surface area contributed by atoms with Gasteiger partial charge in [0.1, 0.15) is 5.82 Å². The maximum absolute atomic E-state index is 12.9. The van der Waals surface area contributed by atoms with Crippen LogP contribution in [0.1, 0.15) is 19.4 Å². The number of anilines is 2. The van der Waals surface area contributed by atoms with Gasteiger partial charge in [-0.1, -0.05) is 26.0 Å². The number of hydrogen-bond donors (Lipinski definition) is 1. The van der Waals surface area contributed by atoms with Crippen LogP contribution in [0.2, 0.25) is 0 Å². The summed E-state index contributed by atoms with van der Waals surface area (Å²) >= 11 is 0. The van der Waals surface area contributed by atoms with E-state index in [1.54, 1.807) is 12.1 Å². The van der Waals surface area contributed by atoms with Crippen molar-refractivity contribution >= 4 is 11.4 Å². The smallest absolute Gasteiger partial charge is 0.123 e. The number of nitrogens with zero attached hydrogens (tertiary/aromatic N) is 1. The standard InChI is InChI=1S/C17H21FN2/c1-13(2)19-12-14-4-8-16(9-5-14)20(3)17-10-6-15(18)7-11-17/h4-11,13,19H,12H2,1-3H3. The third-order valence-corrected chi connectivity index (χ3v) is 3.25. The normalized spacial score (nSPS) is 10.8. The lowest BCUT2D eigenvalue weighted by Gasteiger charge is -2.20. The van der Waals surface area contributed by atoms with Crippen LogP contribution in [0.3, 0.4) is 0 Å². The van der Waals surface area contributed by atoms with Gasteiger partial charge < -0.3 is 10.2 Å². The molecule has 0 saturated heterocycles. The first-order valence-electron chi connectivity index (χ1n) is 6.88. The maximum Gasteiger partial charge on any atom is 0.123 e. The lowest BCUT2D eigenvalue weighted by Crippen LogP contribution is -2.21. The Morgan fingerprint density at radius 2 is 1.45 bits per heavy atom. The van der Waals surface area contributed by atoms with E-state index < -0.39 is 0 Å². The Balaban J connectivity index is 2.07. The molecule has 0 aliphatic heterocycles. The van der Waals surface area contributed by atoms with Crippen LogP contribution < -0.4 is 10.2 Å². The second kappa shape index (κ2) is 6.53. The molecule has 0 aliphatic carbocycles. The highest BCUT2D eigenvalue weighted by molar-refractivity contribution is 5.62. The molecule has 0 amide bonds. The molecule has 2 nitrogen and oxygen atoms in total. The van der Waals surface area contributed by atoms with Gasteiger partial charge in [-0.15, -0.1) is 0 Å². The lowest BCUT2D eigenvalue weighted by atomic mass is 10.1. The highest BCUT2D eigenvalue weighted by Gasteiger charge is 2.04. The van der Waals surface area contributed by atoms with Gasteiger partial charge in [-0.3, -0.25) is 0 Å². The van der Waals surface area contributed by atoms with Gasteiger partial charge in [0.25, 0.3) is 0 Å². The molecule has 2 aromatic carbocycles. The first kappa shape index (κ1) is 14.5. The number of benzene rings is 2. The zero-order chi connectivity index (χ0) is 14.5. The van der Waals surface area contributed by atoms with Crippen molar-refractivity contribution in [3.8, 4) is 0 Å². The first-order chi connectivity index (χ1) is 9.56. The van der Waals surface area contributed by atoms with Crippen LogP contribution >= 0.6 is 0 Å². The summed E-state index contributed by atoms with van der Waals surface area (Å²) in [4.78, 5) is 2.04. The van der Waals surface area contributed by atoms with Crippen molar-refractivity contribution in [2.24, 2.45) is 0 Å². The van der Waals surface area contributed by atoms with Crippen molar-refractivity contribution in [2.45, 2.75) is 26.4 Å². The van der Waals surface area contributed by atoms with Gasteiger partial charge in [0.2, 0.25) is 0 Å². The molecule has 0 aromatic heterocycles. The Labute approximate surface area is 120 Å². The van der Waals surface area contributed by atoms with Crippen LogP contribution in [-0.2, 0) is 6.54 Å². The monoisotopic (exact) mass is 272 g/mol. The van der Waals surface area contributed by atoms with Gasteiger partial charge in [0.15, 0.2) is 0 Å². The minimum Gasteiger partial charge on any atom is -0.345 e. The minimum atomic E-state index is -0.211. The molecule has 2 rings (SSSR count). The molecule has 20 heavy (non-hydrogen) atoms. The van der Waals surface area contributed by atoms with Crippen LogP contribution in [0.4, 0.5) is 15.8 Å². The number of hydrogen-bond acceptors (Lipinski definition) is 2. The van der Waals surface area contributed by atoms with Gasteiger partial charge in [-0.05, 0) is 42.0 Å². The second-order valence-electron chi connectivity index (χ2n) is 5.24. The van der Waals surface area contributed by atoms with Crippen molar-refractivity contribution in [2.75, 3.05) is 11.9 Å². The molecule has 2 aromatic rings. The van der Waals surface area contributed by atoms with E-state index >= 15 is 0 Å². The average Bonchev–Trinajstić information content (AvgIpc) is 2.46. The van der Waals surface area contributed by atoms with Crippen LogP contribution in [-0.4, -0.2) is 13.1 Å². The predicted octanol–water partition coefficient (Wildman–Crippen LogP) is 4.09. The fourth-order valence-electron chi connectivity index (χ4n) is 1.97. The molecule has 0 radical (unpaired) electrons. The van der Waals surface area contributed by atoms with Crippen LogP contribution in [0.15, 0.2) is 48.5 Å². The largest absolute Gasteiger partial charge is 0.345 e. The fraction of sp³-hybridized carbons (Fsp3) is 0.294. The number of nitrogens with one attached hydrogen (secondary N) is 1. The van der Waals surface area contributed by atoms with Crippen molar-refractivity contribution in [3.63, 3.8) is 0 Å². The molecule has 0 unspecified atom stereocenters. The third kappa shape index (κ3) is 3.81. The molecule has 0 atom stereocenters. The van der Waals surface area contributed by atoms with E-state index in [-0.39, 0.29) is 5.82 Å². The quantitative estimate of drug-likeness (QED) is 0.882. The molecule has 0 fully saturated rings. The van der Waals surface area contributed by atoms with Crippen LogP contribution in [0, 0.1) is 5.82 Å². The molecule has 3 heteroatoms. The summed E-state index contributed by atoms with van der Waals surface area (Å²) in [6, 6.07) is 15.4. The number of halogens is 1. The van der Waals surface area contributed by atoms with E-state index in [9.17, 15) is 4.39 Å². The van der Waals surface area contributed by atoms with Gasteiger partial charge in [-0.25, -0.2) is 4.39 Å². The summed E-state index contributed by atoms with van der Waals surface area (Å²) in [5, 5.41) is 3.39. The van der Waals surface area contributed by atoms with Crippen molar-refractivity contribution in [3.05, 3.63) is 59.9 Å². The van der Waals surface area contributed by atoms with Gasteiger partial charge >= 0.3 is 0 Å². The van der Waals surface area contributed by atoms with Crippen molar-refractivity contribution < 1.29 is 4.39 Å². The number of rotatable bonds is 5. The predicted molar refractivity (Wildman–Crippen MR) is 82.9 cm³/mol. The topological polar surface area (TPSA) is 15.3 Å². The van der Waals surface area contributed by atoms with Crippen LogP contribution in [0.5, 0.6) is 0 Å². The van der Waals surface area contributed by atoms with Crippen molar-refractivity contribution in [1.29, 1.82) is 0 Å². The molecular weight excluding hydrogens is 251 g/mol. The Morgan fingerprint density at radius 3 is 1.95 bits per heavy atom. The summed E-state index contributed by atoms with van der Waals surface area (Å²) in [6.07, 6.45) is 0. The molecule has 0 spiro atoms. The highest BCUT2D eigenvalue weighted by Crippen LogP contribution is 2.23. The Morgan fingerprint density at radius 1 is 0.950 bits per heavy atom. The van der Waals surface area contributed by atoms with E-state index in [0.717, 1.165) is 17.9 Å². The van der Waals surface area contributed by atoms with E-state index in [2.05, 4.69) is 43.4 Å². The maximum atomic E-state index is 12.9. The summed E-state index contributed by atoms with van der Waals surface area (Å²) < 4.78 is 12.9. The van der Waals surface area contributed by atoms with E-state index in [0.29, 0.717) is 6.04 Å². The molecule has 0 saturated carbocycles. The van der Waals surface area contributed by atoms with E-state index in [4.69, 9.17) is 0 Å². The molecule has 0 heterocycles. The van der Waals surface area contributed by atoms with Gasteiger partial charge in [0, 0.05) is 31.0 Å². The summed E-state index contributed by atoms with van der Waals surface area (Å²) in [5.41, 5.74) is 3.32. The molecule has 0 bridgehead atoms. The highest BCUT2D eigenvalue weighted by atomic mass is 19.1. The van der Waals surface area contributed by atoms with Crippen LogP contribution in [0.25, 0.3) is 0 Å². The first-order valence-corrected chi connectivity index (χ1v) is 6.88. The van der Waals surface area contributed by atoms with E-state index in [1.165, 1.54) is 17.7 Å². The Hall–Kier alpha value is -1.87. The van der Waals surface area contributed by atoms with Crippen molar-refractivity contribution in [1.82, 2.24) is 5.32 Å². The molecule has 106 valence electrons. The van der Waals surface area contributed by atoms with E-state index in [1.807, 2.05) is 11.9 Å². The minimum absolute atomic E-state index is 0.211. The van der Waals surface area contributed by atoms with Gasteiger partial charge in [0.05, 0.1) is 0 Å².